The van der Waals surface area contributed by atoms with Crippen LogP contribution in [0.25, 0.3) is 10.8 Å². The van der Waals surface area contributed by atoms with Crippen molar-refractivity contribution in [3.05, 3.63) is 66.7 Å². The number of carbonyl (C=O) groups is 2. The molecule has 0 aromatic heterocycles. The minimum Gasteiger partial charge on any atom is -0.376 e. The van der Waals surface area contributed by atoms with Crippen LogP contribution >= 0.6 is 0 Å². The molecule has 2 amide bonds. The molecular weight excluding hydrogens is 338 g/mol. The van der Waals surface area contributed by atoms with Gasteiger partial charge >= 0.3 is 0 Å². The highest BCUT2D eigenvalue weighted by Gasteiger charge is 2.07. The van der Waals surface area contributed by atoms with Crippen LogP contribution < -0.4 is 16.0 Å². The molecule has 0 radical (unpaired) electrons. The summed E-state index contributed by atoms with van der Waals surface area (Å²) in [4.78, 5) is 23.8. The van der Waals surface area contributed by atoms with Crippen molar-refractivity contribution in [2.24, 2.45) is 5.92 Å². The van der Waals surface area contributed by atoms with Crippen LogP contribution in [0.15, 0.2) is 66.7 Å². The van der Waals surface area contributed by atoms with Crippen molar-refractivity contribution in [3.8, 4) is 0 Å². The lowest BCUT2D eigenvalue weighted by Gasteiger charge is -2.10. The van der Waals surface area contributed by atoms with E-state index in [-0.39, 0.29) is 24.3 Å². The molecule has 3 aromatic carbocycles. The van der Waals surface area contributed by atoms with Gasteiger partial charge in [0.15, 0.2) is 0 Å². The molecule has 0 fully saturated rings. The second-order valence-corrected chi connectivity index (χ2v) is 6.68. The molecule has 3 N–H and O–H groups in total. The summed E-state index contributed by atoms with van der Waals surface area (Å²) < 4.78 is 0. The number of amides is 2. The number of carbonyl (C=O) groups excluding carboxylic acids is 2. The molecule has 5 heteroatoms. The molecule has 0 spiro atoms. The van der Waals surface area contributed by atoms with Crippen LogP contribution in [-0.4, -0.2) is 18.4 Å². The minimum absolute atomic E-state index is 0.0358. The Labute approximate surface area is 158 Å². The van der Waals surface area contributed by atoms with Gasteiger partial charge < -0.3 is 16.0 Å². The van der Waals surface area contributed by atoms with Gasteiger partial charge in [-0.2, -0.15) is 0 Å². The second-order valence-electron chi connectivity index (χ2n) is 6.68. The van der Waals surface area contributed by atoms with E-state index < -0.39 is 0 Å². The molecule has 0 aliphatic carbocycles. The van der Waals surface area contributed by atoms with Crippen molar-refractivity contribution in [3.63, 3.8) is 0 Å². The van der Waals surface area contributed by atoms with Gasteiger partial charge in [-0.05, 0) is 47.2 Å². The summed E-state index contributed by atoms with van der Waals surface area (Å²) >= 11 is 0. The summed E-state index contributed by atoms with van der Waals surface area (Å²) in [5, 5.41) is 11.1. The number of anilines is 3. The molecule has 27 heavy (non-hydrogen) atoms. The third-order valence-electron chi connectivity index (χ3n) is 4.16. The lowest BCUT2D eigenvalue weighted by molar-refractivity contribution is -0.119. The fourth-order valence-electron chi connectivity index (χ4n) is 2.61. The van der Waals surface area contributed by atoms with Gasteiger partial charge in [-0.15, -0.1) is 0 Å². The maximum atomic E-state index is 12.2. The summed E-state index contributed by atoms with van der Waals surface area (Å²) in [6.07, 6.45) is 0. The lowest BCUT2D eigenvalue weighted by Crippen LogP contribution is -2.21. The van der Waals surface area contributed by atoms with Gasteiger partial charge in [-0.3, -0.25) is 9.59 Å². The van der Waals surface area contributed by atoms with Crippen molar-refractivity contribution in [1.29, 1.82) is 0 Å². The predicted octanol–water partition coefficient (Wildman–Crippen LogP) is 4.48. The number of hydrogen-bond donors (Lipinski definition) is 3. The Hall–Kier alpha value is -3.34. The number of fused-ring (bicyclic) bond motifs is 1. The van der Waals surface area contributed by atoms with Crippen molar-refractivity contribution in [2.75, 3.05) is 22.5 Å². The van der Waals surface area contributed by atoms with E-state index in [9.17, 15) is 9.59 Å². The Kier molecular flexibility index (Phi) is 5.71. The van der Waals surface area contributed by atoms with Gasteiger partial charge in [0.25, 0.3) is 0 Å². The topological polar surface area (TPSA) is 70.2 Å². The summed E-state index contributed by atoms with van der Waals surface area (Å²) in [5.41, 5.74) is 2.29. The summed E-state index contributed by atoms with van der Waals surface area (Å²) in [6, 6.07) is 21.2. The van der Waals surface area contributed by atoms with Crippen LogP contribution in [0.4, 0.5) is 17.1 Å². The molecule has 0 heterocycles. The number of benzene rings is 3. The second kappa shape index (κ2) is 8.36. The van der Waals surface area contributed by atoms with Crippen LogP contribution in [0.2, 0.25) is 0 Å². The molecule has 0 unspecified atom stereocenters. The molecular formula is C22H23N3O2. The maximum absolute atomic E-state index is 12.2. The van der Waals surface area contributed by atoms with E-state index in [0.717, 1.165) is 16.5 Å². The van der Waals surface area contributed by atoms with Crippen LogP contribution in [0, 0.1) is 5.92 Å². The van der Waals surface area contributed by atoms with Crippen LogP contribution in [0.1, 0.15) is 13.8 Å². The van der Waals surface area contributed by atoms with Gasteiger partial charge in [0.1, 0.15) is 0 Å². The van der Waals surface area contributed by atoms with Gasteiger partial charge in [-0.25, -0.2) is 0 Å². The number of nitrogens with one attached hydrogen (secondary N) is 3. The first-order chi connectivity index (χ1) is 13.0. The Morgan fingerprint density at radius 3 is 2.04 bits per heavy atom. The predicted molar refractivity (Wildman–Crippen MR) is 111 cm³/mol. The first-order valence-electron chi connectivity index (χ1n) is 8.95. The SMILES string of the molecule is CC(C)C(=O)Nc1ccc(NC(=O)CNc2ccc3ccccc3c2)cc1. The van der Waals surface area contributed by atoms with E-state index in [4.69, 9.17) is 0 Å². The van der Waals surface area contributed by atoms with E-state index in [1.165, 1.54) is 0 Å². The molecule has 0 bridgehead atoms. The van der Waals surface area contributed by atoms with E-state index in [0.29, 0.717) is 11.4 Å². The van der Waals surface area contributed by atoms with E-state index >= 15 is 0 Å². The Bertz CT molecular complexity index is 949. The first-order valence-corrected chi connectivity index (χ1v) is 8.95. The van der Waals surface area contributed by atoms with Gasteiger partial charge in [0, 0.05) is 23.0 Å². The smallest absolute Gasteiger partial charge is 0.243 e. The molecule has 0 aliphatic heterocycles. The molecule has 0 aliphatic rings. The lowest BCUT2D eigenvalue weighted by atomic mass is 10.1. The highest BCUT2D eigenvalue weighted by molar-refractivity contribution is 5.95. The van der Waals surface area contributed by atoms with Gasteiger partial charge in [0.05, 0.1) is 6.54 Å². The molecule has 5 nitrogen and oxygen atoms in total. The molecule has 0 atom stereocenters. The highest BCUT2D eigenvalue weighted by atomic mass is 16.2. The molecule has 138 valence electrons. The van der Waals surface area contributed by atoms with Gasteiger partial charge in [-0.1, -0.05) is 44.2 Å². The van der Waals surface area contributed by atoms with Crippen LogP contribution in [0.3, 0.4) is 0 Å². The zero-order valence-electron chi connectivity index (χ0n) is 15.5. The van der Waals surface area contributed by atoms with E-state index in [1.54, 1.807) is 24.3 Å². The summed E-state index contributed by atoms with van der Waals surface area (Å²) in [5.74, 6) is -0.251. The standard InChI is InChI=1S/C22H23N3O2/c1-15(2)22(27)25-19-11-9-18(10-12-19)24-21(26)14-23-20-8-7-16-5-3-4-6-17(16)13-20/h3-13,15,23H,14H2,1-2H3,(H,24,26)(H,25,27). The van der Waals surface area contributed by atoms with Crippen molar-refractivity contribution < 1.29 is 9.59 Å². The monoisotopic (exact) mass is 361 g/mol. The van der Waals surface area contributed by atoms with E-state index in [1.807, 2.05) is 50.2 Å². The Morgan fingerprint density at radius 2 is 1.37 bits per heavy atom. The maximum Gasteiger partial charge on any atom is 0.243 e. The summed E-state index contributed by atoms with van der Waals surface area (Å²) in [7, 11) is 0. The zero-order chi connectivity index (χ0) is 19.2. The van der Waals surface area contributed by atoms with Crippen LogP contribution in [-0.2, 0) is 9.59 Å². The summed E-state index contributed by atoms with van der Waals surface area (Å²) in [6.45, 7) is 3.85. The number of rotatable bonds is 6. The fraction of sp³-hybridized carbons (Fsp3) is 0.182. The highest BCUT2D eigenvalue weighted by Crippen LogP contribution is 2.19. The van der Waals surface area contributed by atoms with Gasteiger partial charge in [0.2, 0.25) is 11.8 Å². The normalized spacial score (nSPS) is 10.6. The first kappa shape index (κ1) is 18.5. The fourth-order valence-corrected chi connectivity index (χ4v) is 2.61. The molecule has 3 aromatic rings. The Morgan fingerprint density at radius 1 is 0.778 bits per heavy atom. The third kappa shape index (κ3) is 5.07. The zero-order valence-corrected chi connectivity index (χ0v) is 15.5. The quantitative estimate of drug-likeness (QED) is 0.606. The average Bonchev–Trinajstić information content (AvgIpc) is 2.67. The largest absolute Gasteiger partial charge is 0.376 e. The molecule has 3 rings (SSSR count). The van der Waals surface area contributed by atoms with Crippen molar-refractivity contribution in [2.45, 2.75) is 13.8 Å². The Balaban J connectivity index is 1.53. The van der Waals surface area contributed by atoms with Crippen molar-refractivity contribution in [1.82, 2.24) is 0 Å². The minimum atomic E-state index is -0.137. The third-order valence-corrected chi connectivity index (χ3v) is 4.16. The molecule has 0 saturated heterocycles. The van der Waals surface area contributed by atoms with Crippen LogP contribution in [0.5, 0.6) is 0 Å². The number of hydrogen-bond acceptors (Lipinski definition) is 3. The molecule has 0 saturated carbocycles. The average molecular weight is 361 g/mol. The van der Waals surface area contributed by atoms with Crippen molar-refractivity contribution >= 4 is 39.6 Å². The van der Waals surface area contributed by atoms with E-state index in [2.05, 4.69) is 22.0 Å².